The second kappa shape index (κ2) is 5.06. The van der Waals surface area contributed by atoms with Crippen molar-refractivity contribution in [1.29, 1.82) is 0 Å². The van der Waals surface area contributed by atoms with Crippen molar-refractivity contribution in [3.63, 3.8) is 0 Å². The van der Waals surface area contributed by atoms with E-state index in [-0.39, 0.29) is 11.3 Å². The molecule has 0 N–H and O–H groups in total. The Morgan fingerprint density at radius 2 is 1.71 bits per heavy atom. The van der Waals surface area contributed by atoms with E-state index in [1.54, 1.807) is 0 Å². The monoisotopic (exact) mass is 370 g/mol. The zero-order chi connectivity index (χ0) is 18.1. The average Bonchev–Trinajstić information content (AvgIpc) is 2.58. The Bertz CT molecular complexity index is 783. The minimum Gasteiger partial charge on any atom is -0.490 e. The van der Waals surface area contributed by atoms with E-state index in [0.29, 0.717) is 0 Å². The Balaban J connectivity index is 2.08. The van der Waals surface area contributed by atoms with E-state index >= 15 is 0 Å². The van der Waals surface area contributed by atoms with Crippen LogP contribution in [0.2, 0.25) is 0 Å². The van der Waals surface area contributed by atoms with Gasteiger partial charge in [0.2, 0.25) is 0 Å². The van der Waals surface area contributed by atoms with E-state index < -0.39 is 63.2 Å². The van der Waals surface area contributed by atoms with Gasteiger partial charge in [-0.2, -0.15) is 0 Å². The van der Waals surface area contributed by atoms with E-state index in [0.717, 1.165) is 25.3 Å². The highest BCUT2D eigenvalue weighted by molar-refractivity contribution is 7.90. The van der Waals surface area contributed by atoms with Crippen LogP contribution in [0.5, 0.6) is 5.75 Å². The van der Waals surface area contributed by atoms with Crippen LogP contribution in [0.3, 0.4) is 0 Å². The Hall–Kier alpha value is -1.38. The summed E-state index contributed by atoms with van der Waals surface area (Å²) in [6.45, 7) is 1.04. The van der Waals surface area contributed by atoms with Crippen molar-refractivity contribution in [1.82, 2.24) is 0 Å². The number of ether oxygens (including phenoxy) is 1. The molecular weight excluding hydrogens is 355 g/mol. The van der Waals surface area contributed by atoms with Gasteiger partial charge in [-0.15, -0.1) is 0 Å². The minimum absolute atomic E-state index is 0.297. The fraction of sp³-hybridized carbons (Fsp3) is 0.600. The smallest absolute Gasteiger partial charge is 0.289 e. The normalized spacial score (nSPS) is 28.3. The Kier molecular flexibility index (Phi) is 3.68. The van der Waals surface area contributed by atoms with E-state index in [1.807, 2.05) is 0 Å². The number of fused-ring (bicyclic) bond motifs is 1. The molecule has 1 saturated carbocycles. The summed E-state index contributed by atoms with van der Waals surface area (Å²) in [7, 11) is -3.87. The Morgan fingerprint density at radius 1 is 1.12 bits per heavy atom. The van der Waals surface area contributed by atoms with Gasteiger partial charge in [-0.05, 0) is 17.7 Å². The van der Waals surface area contributed by atoms with Gasteiger partial charge in [0.1, 0.15) is 11.9 Å². The lowest BCUT2D eigenvalue weighted by atomic mass is 9.91. The van der Waals surface area contributed by atoms with Crippen molar-refractivity contribution < 1.29 is 35.1 Å². The summed E-state index contributed by atoms with van der Waals surface area (Å²) >= 11 is 0. The first-order chi connectivity index (χ1) is 10.8. The van der Waals surface area contributed by atoms with Gasteiger partial charge in [0, 0.05) is 24.7 Å². The summed E-state index contributed by atoms with van der Waals surface area (Å²) < 4.78 is 97.2. The van der Waals surface area contributed by atoms with Gasteiger partial charge >= 0.3 is 0 Å². The number of halogens is 5. The molecule has 1 aromatic rings. The van der Waals surface area contributed by atoms with Crippen LogP contribution in [0, 0.1) is 0 Å². The number of alkyl halides is 5. The van der Waals surface area contributed by atoms with E-state index in [1.165, 1.54) is 0 Å². The van der Waals surface area contributed by atoms with Gasteiger partial charge < -0.3 is 4.74 Å². The van der Waals surface area contributed by atoms with Gasteiger partial charge in [0.05, 0.1) is 10.8 Å². The highest BCUT2D eigenvalue weighted by Gasteiger charge is 2.57. The summed E-state index contributed by atoms with van der Waals surface area (Å²) in [5.74, 6) is -8.65. The first kappa shape index (κ1) is 17.4. The number of hydrogen-bond acceptors (Lipinski definition) is 3. The molecule has 0 aromatic heterocycles. The molecule has 1 aromatic carbocycles. The third-order valence-corrected chi connectivity index (χ3v) is 5.71. The molecule has 2 aliphatic carbocycles. The average molecular weight is 370 g/mol. The van der Waals surface area contributed by atoms with E-state index in [2.05, 4.69) is 0 Å². The molecule has 2 atom stereocenters. The second-order valence-corrected chi connectivity index (χ2v) is 8.41. The Labute approximate surface area is 135 Å². The summed E-state index contributed by atoms with van der Waals surface area (Å²) in [6.07, 6.45) is -3.99. The lowest BCUT2D eigenvalue weighted by Crippen LogP contribution is -2.43. The molecule has 3 rings (SSSR count). The summed E-state index contributed by atoms with van der Waals surface area (Å²) in [4.78, 5) is -0.392. The maximum atomic E-state index is 14.3. The van der Waals surface area contributed by atoms with Gasteiger partial charge in [0.25, 0.3) is 11.8 Å². The molecular formula is C15H15F5O3S. The highest BCUT2D eigenvalue weighted by atomic mass is 32.2. The van der Waals surface area contributed by atoms with Crippen molar-refractivity contribution in [3.8, 4) is 5.75 Å². The SMILES string of the molecule is C[C@H]1c2c(S(C)(=O)=O)ccc(OC3CC(F)(F)C3)c2[C@@H](F)C1(F)F. The molecule has 0 unspecified atom stereocenters. The van der Waals surface area contributed by atoms with Crippen molar-refractivity contribution in [2.24, 2.45) is 0 Å². The molecule has 0 spiro atoms. The second-order valence-electron chi connectivity index (χ2n) is 6.42. The molecule has 2 aliphatic rings. The summed E-state index contributed by atoms with van der Waals surface area (Å²) in [5, 5.41) is 0. The van der Waals surface area contributed by atoms with Crippen LogP contribution in [0.4, 0.5) is 22.0 Å². The number of hydrogen-bond donors (Lipinski definition) is 0. The van der Waals surface area contributed by atoms with Crippen LogP contribution in [0.25, 0.3) is 0 Å². The Morgan fingerprint density at radius 3 is 2.21 bits per heavy atom. The first-order valence-electron chi connectivity index (χ1n) is 7.28. The molecule has 0 radical (unpaired) electrons. The molecule has 134 valence electrons. The molecule has 0 amide bonds. The lowest BCUT2D eigenvalue weighted by molar-refractivity contribution is -0.135. The zero-order valence-electron chi connectivity index (χ0n) is 12.8. The molecule has 0 saturated heterocycles. The molecule has 24 heavy (non-hydrogen) atoms. The number of rotatable bonds is 3. The van der Waals surface area contributed by atoms with Crippen LogP contribution >= 0.6 is 0 Å². The van der Waals surface area contributed by atoms with Gasteiger partial charge in [-0.25, -0.2) is 30.4 Å². The van der Waals surface area contributed by atoms with Gasteiger partial charge in [-0.1, -0.05) is 6.92 Å². The third kappa shape index (κ3) is 2.57. The van der Waals surface area contributed by atoms with Crippen LogP contribution in [0.15, 0.2) is 17.0 Å². The van der Waals surface area contributed by atoms with Gasteiger partial charge in [-0.3, -0.25) is 0 Å². The molecule has 1 fully saturated rings. The predicted octanol–water partition coefficient (Wildman–Crippen LogP) is 4.03. The van der Waals surface area contributed by atoms with Crippen molar-refractivity contribution in [3.05, 3.63) is 23.3 Å². The molecule has 0 heterocycles. The quantitative estimate of drug-likeness (QED) is 0.755. The third-order valence-electron chi connectivity index (χ3n) is 4.55. The van der Waals surface area contributed by atoms with Crippen LogP contribution in [0.1, 0.15) is 43.0 Å². The van der Waals surface area contributed by atoms with E-state index in [9.17, 15) is 30.4 Å². The first-order valence-corrected chi connectivity index (χ1v) is 9.17. The van der Waals surface area contributed by atoms with Crippen LogP contribution < -0.4 is 4.74 Å². The van der Waals surface area contributed by atoms with Crippen molar-refractivity contribution in [2.75, 3.05) is 6.26 Å². The maximum absolute atomic E-state index is 14.3. The standard InChI is InChI=1S/C15H15F5O3S/c1-7-11-10(24(2,21)22)4-3-9(12(11)13(16)15(7,19)20)23-8-5-14(17,18)6-8/h3-4,7-8,13H,5-6H2,1-2H3/t7-,13+/m0/s1. The maximum Gasteiger partial charge on any atom is 0.289 e. The predicted molar refractivity (Wildman–Crippen MR) is 75.4 cm³/mol. The number of benzene rings is 1. The molecule has 9 heteroatoms. The largest absolute Gasteiger partial charge is 0.490 e. The molecule has 0 bridgehead atoms. The van der Waals surface area contributed by atoms with Crippen molar-refractivity contribution in [2.45, 2.75) is 54.7 Å². The topological polar surface area (TPSA) is 43.4 Å². The fourth-order valence-corrected chi connectivity index (χ4v) is 4.21. The fourth-order valence-electron chi connectivity index (χ4n) is 3.20. The van der Waals surface area contributed by atoms with E-state index in [4.69, 9.17) is 4.74 Å². The van der Waals surface area contributed by atoms with Crippen molar-refractivity contribution >= 4 is 9.84 Å². The summed E-state index contributed by atoms with van der Waals surface area (Å²) in [5.41, 5.74) is -0.885. The highest BCUT2D eigenvalue weighted by Crippen LogP contribution is 2.58. The minimum atomic E-state index is -3.87. The van der Waals surface area contributed by atoms with Crippen LogP contribution in [-0.4, -0.2) is 32.6 Å². The lowest BCUT2D eigenvalue weighted by Gasteiger charge is -2.35. The summed E-state index contributed by atoms with van der Waals surface area (Å²) in [6, 6.07) is 2.12. The molecule has 3 nitrogen and oxygen atoms in total. The van der Waals surface area contributed by atoms with Crippen LogP contribution in [-0.2, 0) is 9.84 Å². The number of sulfone groups is 1. The van der Waals surface area contributed by atoms with Gasteiger partial charge in [0.15, 0.2) is 16.0 Å². The zero-order valence-corrected chi connectivity index (χ0v) is 13.6. The molecule has 0 aliphatic heterocycles.